The highest BCUT2D eigenvalue weighted by Crippen LogP contribution is 2.27. The Bertz CT molecular complexity index is 1460. The van der Waals surface area contributed by atoms with Gasteiger partial charge in [0.05, 0.1) is 30.1 Å². The molecule has 0 heterocycles. The van der Waals surface area contributed by atoms with E-state index in [9.17, 15) is 13.2 Å². The van der Waals surface area contributed by atoms with Gasteiger partial charge in [0, 0.05) is 5.56 Å². The van der Waals surface area contributed by atoms with Crippen molar-refractivity contribution in [2.75, 3.05) is 23.7 Å². The molecule has 4 rings (SSSR count). The summed E-state index contributed by atoms with van der Waals surface area (Å²) in [5, 5.41) is 3.30. The zero-order chi connectivity index (χ0) is 27.0. The normalized spacial score (nSPS) is 11.0. The van der Waals surface area contributed by atoms with Gasteiger partial charge in [-0.2, -0.15) is 0 Å². The van der Waals surface area contributed by atoms with Crippen molar-refractivity contribution in [2.24, 2.45) is 0 Å². The molecule has 0 atom stereocenters. The highest BCUT2D eigenvalue weighted by atomic mass is 35.5. The standard InChI is InChI=1S/C29H27ClN2O5S/c1-38(34,35)32(24-15-17-26(18-16-24)37-25-7-3-2-4-8-25)21-22-11-13-23(14-12-22)29(33)31-19-20-36-28-10-6-5-9-27(28)30/h2-18H,19-21H2,1H3,(H,31,33). The van der Waals surface area contributed by atoms with Crippen LogP contribution < -0.4 is 19.1 Å². The second kappa shape index (κ2) is 12.5. The van der Waals surface area contributed by atoms with E-state index in [1.807, 2.05) is 42.5 Å². The smallest absolute Gasteiger partial charge is 0.251 e. The summed E-state index contributed by atoms with van der Waals surface area (Å²) in [4.78, 5) is 12.5. The molecular weight excluding hydrogens is 524 g/mol. The van der Waals surface area contributed by atoms with Gasteiger partial charge in [-0.05, 0) is 66.2 Å². The van der Waals surface area contributed by atoms with Gasteiger partial charge < -0.3 is 14.8 Å². The minimum Gasteiger partial charge on any atom is -0.490 e. The van der Waals surface area contributed by atoms with Crippen molar-refractivity contribution < 1.29 is 22.7 Å². The van der Waals surface area contributed by atoms with Crippen molar-refractivity contribution >= 4 is 33.2 Å². The number of amides is 1. The maximum Gasteiger partial charge on any atom is 0.251 e. The molecule has 0 radical (unpaired) electrons. The summed E-state index contributed by atoms with van der Waals surface area (Å²) < 4.78 is 37.8. The predicted molar refractivity (Wildman–Crippen MR) is 150 cm³/mol. The van der Waals surface area contributed by atoms with Crippen LogP contribution in [0.3, 0.4) is 0 Å². The van der Waals surface area contributed by atoms with E-state index in [0.29, 0.717) is 40.1 Å². The van der Waals surface area contributed by atoms with Gasteiger partial charge in [-0.1, -0.05) is 54.1 Å². The lowest BCUT2D eigenvalue weighted by atomic mass is 10.1. The first kappa shape index (κ1) is 27.0. The molecule has 7 nitrogen and oxygen atoms in total. The van der Waals surface area contributed by atoms with Gasteiger partial charge in [0.2, 0.25) is 10.0 Å². The molecule has 0 aromatic heterocycles. The number of hydrogen-bond donors (Lipinski definition) is 1. The van der Waals surface area contributed by atoms with Crippen molar-refractivity contribution in [1.82, 2.24) is 5.32 Å². The zero-order valence-corrected chi connectivity index (χ0v) is 22.3. The SMILES string of the molecule is CS(=O)(=O)N(Cc1ccc(C(=O)NCCOc2ccccc2Cl)cc1)c1ccc(Oc2ccccc2)cc1. The molecule has 0 aliphatic rings. The maximum atomic E-state index is 12.6. The first-order valence-electron chi connectivity index (χ1n) is 11.8. The Balaban J connectivity index is 1.35. The number of sulfonamides is 1. The van der Waals surface area contributed by atoms with Crippen LogP contribution in [0.1, 0.15) is 15.9 Å². The number of halogens is 1. The number of carbonyl (C=O) groups excluding carboxylic acids is 1. The highest BCUT2D eigenvalue weighted by molar-refractivity contribution is 7.92. The van der Waals surface area contributed by atoms with E-state index in [2.05, 4.69) is 5.32 Å². The van der Waals surface area contributed by atoms with Crippen molar-refractivity contribution in [3.63, 3.8) is 0 Å². The molecule has 0 spiro atoms. The Morgan fingerprint density at radius 3 is 2.13 bits per heavy atom. The van der Waals surface area contributed by atoms with Crippen LogP contribution in [0.4, 0.5) is 5.69 Å². The summed E-state index contributed by atoms with van der Waals surface area (Å²) in [6.07, 6.45) is 1.16. The molecule has 4 aromatic carbocycles. The average Bonchev–Trinajstić information content (AvgIpc) is 2.91. The lowest BCUT2D eigenvalue weighted by molar-refractivity contribution is 0.0947. The van der Waals surface area contributed by atoms with Gasteiger partial charge >= 0.3 is 0 Å². The fourth-order valence-corrected chi connectivity index (χ4v) is 4.70. The molecule has 0 unspecified atom stereocenters. The van der Waals surface area contributed by atoms with Gasteiger partial charge in [0.15, 0.2) is 0 Å². The molecule has 196 valence electrons. The Hall–Kier alpha value is -4.01. The summed E-state index contributed by atoms with van der Waals surface area (Å²) in [7, 11) is -3.57. The maximum absolute atomic E-state index is 12.6. The van der Waals surface area contributed by atoms with Gasteiger partial charge in [-0.3, -0.25) is 9.10 Å². The van der Waals surface area contributed by atoms with Gasteiger partial charge in [0.25, 0.3) is 5.91 Å². The van der Waals surface area contributed by atoms with Crippen LogP contribution in [0.25, 0.3) is 0 Å². The fourth-order valence-electron chi connectivity index (χ4n) is 3.62. The molecule has 4 aromatic rings. The number of carbonyl (C=O) groups is 1. The van der Waals surface area contributed by atoms with Crippen molar-refractivity contribution in [3.8, 4) is 17.2 Å². The number of para-hydroxylation sites is 2. The second-order valence-corrected chi connectivity index (χ2v) is 10.7. The summed E-state index contributed by atoms with van der Waals surface area (Å²) in [5.41, 5.74) is 1.70. The topological polar surface area (TPSA) is 84.9 Å². The van der Waals surface area contributed by atoms with Gasteiger partial charge in [0.1, 0.15) is 23.9 Å². The first-order valence-corrected chi connectivity index (χ1v) is 14.1. The van der Waals surface area contributed by atoms with Gasteiger partial charge in [-0.25, -0.2) is 8.42 Å². The van der Waals surface area contributed by atoms with Crippen LogP contribution in [-0.2, 0) is 16.6 Å². The summed E-state index contributed by atoms with van der Waals surface area (Å²) >= 11 is 6.06. The van der Waals surface area contributed by atoms with E-state index in [4.69, 9.17) is 21.1 Å². The van der Waals surface area contributed by atoms with Crippen molar-refractivity contribution in [1.29, 1.82) is 0 Å². The summed E-state index contributed by atoms with van der Waals surface area (Å²) in [6.45, 7) is 0.689. The molecular formula is C29H27ClN2O5S. The molecule has 0 saturated heterocycles. The van der Waals surface area contributed by atoms with E-state index < -0.39 is 10.0 Å². The summed E-state index contributed by atoms with van der Waals surface area (Å²) in [6, 6.07) is 30.1. The number of hydrogen-bond acceptors (Lipinski definition) is 5. The van der Waals surface area contributed by atoms with E-state index in [1.165, 1.54) is 4.31 Å². The van der Waals surface area contributed by atoms with E-state index >= 15 is 0 Å². The first-order chi connectivity index (χ1) is 18.3. The molecule has 0 aliphatic heterocycles. The van der Waals surface area contributed by atoms with Crippen LogP contribution in [-0.4, -0.2) is 33.7 Å². The average molecular weight is 551 g/mol. The van der Waals surface area contributed by atoms with E-state index in [-0.39, 0.29) is 19.1 Å². The molecule has 1 amide bonds. The third-order valence-electron chi connectivity index (χ3n) is 5.53. The minimum atomic E-state index is -3.57. The second-order valence-electron chi connectivity index (χ2n) is 8.41. The van der Waals surface area contributed by atoms with Crippen LogP contribution in [0, 0.1) is 0 Å². The summed E-state index contributed by atoms with van der Waals surface area (Å²) in [5.74, 6) is 1.59. The molecule has 38 heavy (non-hydrogen) atoms. The number of anilines is 1. The molecule has 0 saturated carbocycles. The van der Waals surface area contributed by atoms with Crippen LogP contribution in [0.5, 0.6) is 17.2 Å². The lowest BCUT2D eigenvalue weighted by Crippen LogP contribution is -2.29. The number of ether oxygens (including phenoxy) is 2. The highest BCUT2D eigenvalue weighted by Gasteiger charge is 2.18. The van der Waals surface area contributed by atoms with Crippen LogP contribution in [0.2, 0.25) is 5.02 Å². The quantitative estimate of drug-likeness (QED) is 0.235. The Kier molecular flexibility index (Phi) is 8.89. The Morgan fingerprint density at radius 1 is 0.842 bits per heavy atom. The minimum absolute atomic E-state index is 0.116. The number of rotatable bonds is 11. The third kappa shape index (κ3) is 7.50. The largest absolute Gasteiger partial charge is 0.490 e. The number of benzene rings is 4. The molecule has 0 bridgehead atoms. The zero-order valence-electron chi connectivity index (χ0n) is 20.7. The monoisotopic (exact) mass is 550 g/mol. The molecule has 0 aliphatic carbocycles. The lowest BCUT2D eigenvalue weighted by Gasteiger charge is -2.23. The predicted octanol–water partition coefficient (Wildman–Crippen LogP) is 5.91. The van der Waals surface area contributed by atoms with Crippen LogP contribution >= 0.6 is 11.6 Å². The Labute approximate surface area is 227 Å². The molecule has 1 N–H and O–H groups in total. The van der Waals surface area contributed by atoms with E-state index in [0.717, 1.165) is 11.8 Å². The molecule has 9 heteroatoms. The van der Waals surface area contributed by atoms with E-state index in [1.54, 1.807) is 60.7 Å². The van der Waals surface area contributed by atoms with Crippen molar-refractivity contribution in [2.45, 2.75) is 6.54 Å². The molecule has 0 fully saturated rings. The van der Waals surface area contributed by atoms with Crippen LogP contribution in [0.15, 0.2) is 103 Å². The van der Waals surface area contributed by atoms with Crippen molar-refractivity contribution in [3.05, 3.63) is 119 Å². The number of nitrogens with one attached hydrogen (secondary N) is 1. The fraction of sp³-hybridized carbons (Fsp3) is 0.138. The van der Waals surface area contributed by atoms with Gasteiger partial charge in [-0.15, -0.1) is 0 Å². The third-order valence-corrected chi connectivity index (χ3v) is 6.98. The Morgan fingerprint density at radius 2 is 1.47 bits per heavy atom. The number of nitrogens with zero attached hydrogens (tertiary/aromatic N) is 1.